The molecule has 1 heterocycles. The summed E-state index contributed by atoms with van der Waals surface area (Å²) in [6.45, 7) is 0. The SMILES string of the molecule is O=[N+]([O-])c1ccccc1C=NNc1ccccn1. The largest absolute Gasteiger partial charge is 0.278 e. The molecule has 2 aromatic rings. The van der Waals surface area contributed by atoms with Gasteiger partial charge in [0.2, 0.25) is 0 Å². The molecule has 2 rings (SSSR count). The van der Waals surface area contributed by atoms with Crippen LogP contribution >= 0.6 is 0 Å². The lowest BCUT2D eigenvalue weighted by Gasteiger charge is -1.98. The number of rotatable bonds is 4. The van der Waals surface area contributed by atoms with Gasteiger partial charge in [-0.15, -0.1) is 0 Å². The lowest BCUT2D eigenvalue weighted by Crippen LogP contribution is -1.96. The van der Waals surface area contributed by atoms with Crippen LogP contribution in [0.1, 0.15) is 5.56 Å². The summed E-state index contributed by atoms with van der Waals surface area (Å²) in [6.07, 6.45) is 3.02. The van der Waals surface area contributed by atoms with Crippen LogP contribution in [0.25, 0.3) is 0 Å². The van der Waals surface area contributed by atoms with Crippen molar-refractivity contribution in [2.75, 3.05) is 5.43 Å². The van der Waals surface area contributed by atoms with Crippen molar-refractivity contribution in [1.82, 2.24) is 4.98 Å². The Morgan fingerprint density at radius 2 is 2.00 bits per heavy atom. The number of aromatic nitrogens is 1. The highest BCUT2D eigenvalue weighted by Gasteiger charge is 2.09. The fourth-order valence-electron chi connectivity index (χ4n) is 1.36. The van der Waals surface area contributed by atoms with E-state index in [1.807, 2.05) is 6.07 Å². The number of para-hydroxylation sites is 1. The standard InChI is InChI=1S/C12H10N4O2/c17-16(18)11-6-2-1-5-10(11)9-14-15-12-7-3-4-8-13-12/h1-9H,(H,13,15). The Labute approximate surface area is 103 Å². The third-order valence-corrected chi connectivity index (χ3v) is 2.18. The van der Waals surface area contributed by atoms with Crippen LogP contribution in [-0.2, 0) is 0 Å². The van der Waals surface area contributed by atoms with E-state index in [2.05, 4.69) is 15.5 Å². The molecule has 90 valence electrons. The van der Waals surface area contributed by atoms with Gasteiger partial charge in [0.15, 0.2) is 0 Å². The molecule has 0 fully saturated rings. The van der Waals surface area contributed by atoms with Crippen molar-refractivity contribution in [2.24, 2.45) is 5.10 Å². The predicted octanol–water partition coefficient (Wildman–Crippen LogP) is 2.44. The molecule has 0 saturated carbocycles. The number of nitrogens with zero attached hydrogens (tertiary/aromatic N) is 3. The molecule has 0 bridgehead atoms. The van der Waals surface area contributed by atoms with Crippen molar-refractivity contribution in [3.63, 3.8) is 0 Å². The van der Waals surface area contributed by atoms with Crippen molar-refractivity contribution in [3.8, 4) is 0 Å². The first kappa shape index (κ1) is 11.7. The minimum absolute atomic E-state index is 0.0177. The van der Waals surface area contributed by atoms with E-state index in [4.69, 9.17) is 0 Å². The fourth-order valence-corrected chi connectivity index (χ4v) is 1.36. The van der Waals surface area contributed by atoms with E-state index in [0.717, 1.165) is 0 Å². The van der Waals surface area contributed by atoms with Gasteiger partial charge in [-0.2, -0.15) is 5.10 Å². The molecule has 1 aromatic heterocycles. The third-order valence-electron chi connectivity index (χ3n) is 2.18. The average molecular weight is 242 g/mol. The molecule has 18 heavy (non-hydrogen) atoms. The van der Waals surface area contributed by atoms with Gasteiger partial charge in [0.1, 0.15) is 5.82 Å². The summed E-state index contributed by atoms with van der Waals surface area (Å²) in [6, 6.07) is 11.7. The number of benzene rings is 1. The van der Waals surface area contributed by atoms with Crippen LogP contribution < -0.4 is 5.43 Å². The number of hydrogen-bond donors (Lipinski definition) is 1. The third kappa shape index (κ3) is 2.88. The van der Waals surface area contributed by atoms with E-state index in [-0.39, 0.29) is 5.69 Å². The van der Waals surface area contributed by atoms with Gasteiger partial charge in [0.05, 0.1) is 16.7 Å². The van der Waals surface area contributed by atoms with E-state index in [1.165, 1.54) is 12.3 Å². The first-order chi connectivity index (χ1) is 8.77. The van der Waals surface area contributed by atoms with Gasteiger partial charge in [0.25, 0.3) is 5.69 Å². The zero-order valence-electron chi connectivity index (χ0n) is 9.35. The minimum Gasteiger partial charge on any atom is -0.261 e. The van der Waals surface area contributed by atoms with Crippen molar-refractivity contribution >= 4 is 17.7 Å². The number of hydrogen-bond acceptors (Lipinski definition) is 5. The van der Waals surface area contributed by atoms with E-state index in [9.17, 15) is 10.1 Å². The predicted molar refractivity (Wildman–Crippen MR) is 68.6 cm³/mol. The van der Waals surface area contributed by atoms with Crippen LogP contribution in [0.2, 0.25) is 0 Å². The zero-order valence-corrected chi connectivity index (χ0v) is 9.35. The lowest BCUT2D eigenvalue weighted by molar-refractivity contribution is -0.385. The average Bonchev–Trinajstić information content (AvgIpc) is 2.40. The Bertz CT molecular complexity index is 569. The van der Waals surface area contributed by atoms with Crippen LogP contribution in [0, 0.1) is 10.1 Å². The van der Waals surface area contributed by atoms with E-state index >= 15 is 0 Å². The van der Waals surface area contributed by atoms with Gasteiger partial charge in [-0.05, 0) is 18.2 Å². The van der Waals surface area contributed by atoms with Crippen LogP contribution in [-0.4, -0.2) is 16.1 Å². The molecule has 0 saturated heterocycles. The summed E-state index contributed by atoms with van der Waals surface area (Å²) in [7, 11) is 0. The van der Waals surface area contributed by atoms with Crippen LogP contribution in [0.15, 0.2) is 53.8 Å². The molecule has 1 aromatic carbocycles. The van der Waals surface area contributed by atoms with Gasteiger partial charge in [0, 0.05) is 12.3 Å². The normalized spacial score (nSPS) is 10.4. The molecule has 0 atom stereocenters. The first-order valence-corrected chi connectivity index (χ1v) is 5.21. The molecular weight excluding hydrogens is 232 g/mol. The summed E-state index contributed by atoms with van der Waals surface area (Å²) < 4.78 is 0. The second kappa shape index (κ2) is 5.53. The van der Waals surface area contributed by atoms with E-state index in [1.54, 1.807) is 36.5 Å². The second-order valence-corrected chi connectivity index (χ2v) is 3.40. The summed E-state index contributed by atoms with van der Waals surface area (Å²) in [5.41, 5.74) is 3.15. The molecule has 6 heteroatoms. The maximum atomic E-state index is 10.8. The number of nitro groups is 1. The van der Waals surface area contributed by atoms with E-state index in [0.29, 0.717) is 11.4 Å². The maximum Gasteiger partial charge on any atom is 0.278 e. The van der Waals surface area contributed by atoms with Crippen LogP contribution in [0.3, 0.4) is 0 Å². The minimum atomic E-state index is -0.442. The molecule has 0 unspecified atom stereocenters. The van der Waals surface area contributed by atoms with Crippen molar-refractivity contribution < 1.29 is 4.92 Å². The number of pyridine rings is 1. The molecular formula is C12H10N4O2. The molecule has 0 aliphatic heterocycles. The lowest BCUT2D eigenvalue weighted by atomic mass is 10.2. The molecule has 1 N–H and O–H groups in total. The van der Waals surface area contributed by atoms with Crippen molar-refractivity contribution in [2.45, 2.75) is 0 Å². The zero-order chi connectivity index (χ0) is 12.8. The molecule has 0 aliphatic rings. The summed E-state index contributed by atoms with van der Waals surface area (Å²) >= 11 is 0. The van der Waals surface area contributed by atoms with Gasteiger partial charge in [-0.25, -0.2) is 4.98 Å². The van der Waals surface area contributed by atoms with Gasteiger partial charge < -0.3 is 0 Å². The van der Waals surface area contributed by atoms with Crippen LogP contribution in [0.5, 0.6) is 0 Å². The first-order valence-electron chi connectivity index (χ1n) is 5.21. The molecule has 0 radical (unpaired) electrons. The number of hydrazone groups is 1. The van der Waals surface area contributed by atoms with Crippen LogP contribution in [0.4, 0.5) is 11.5 Å². The summed E-state index contributed by atoms with van der Waals surface area (Å²) in [5, 5.41) is 14.7. The Hall–Kier alpha value is -2.76. The second-order valence-electron chi connectivity index (χ2n) is 3.40. The Morgan fingerprint density at radius 3 is 2.72 bits per heavy atom. The summed E-state index contributed by atoms with van der Waals surface area (Å²) in [4.78, 5) is 14.3. The van der Waals surface area contributed by atoms with Gasteiger partial charge in [-0.1, -0.05) is 18.2 Å². The molecule has 6 nitrogen and oxygen atoms in total. The summed E-state index contributed by atoms with van der Waals surface area (Å²) in [5.74, 6) is 0.576. The Morgan fingerprint density at radius 1 is 1.22 bits per heavy atom. The van der Waals surface area contributed by atoms with E-state index < -0.39 is 4.92 Å². The molecule has 0 spiro atoms. The Kier molecular flexibility index (Phi) is 3.60. The van der Waals surface area contributed by atoms with Gasteiger partial charge in [-0.3, -0.25) is 15.5 Å². The molecule has 0 amide bonds. The highest BCUT2D eigenvalue weighted by Crippen LogP contribution is 2.15. The maximum absolute atomic E-state index is 10.8. The topological polar surface area (TPSA) is 80.4 Å². The smallest absolute Gasteiger partial charge is 0.261 e. The molecule has 0 aliphatic carbocycles. The van der Waals surface area contributed by atoms with Crippen molar-refractivity contribution in [3.05, 3.63) is 64.3 Å². The van der Waals surface area contributed by atoms with Crippen molar-refractivity contribution in [1.29, 1.82) is 0 Å². The highest BCUT2D eigenvalue weighted by molar-refractivity contribution is 5.85. The Balaban J connectivity index is 2.12. The highest BCUT2D eigenvalue weighted by atomic mass is 16.6. The quantitative estimate of drug-likeness (QED) is 0.507. The monoisotopic (exact) mass is 242 g/mol. The number of anilines is 1. The number of nitro benzene ring substituents is 1. The van der Waals surface area contributed by atoms with Gasteiger partial charge >= 0.3 is 0 Å². The fraction of sp³-hybridized carbons (Fsp3) is 0. The number of nitrogens with one attached hydrogen (secondary N) is 1.